The average Bonchev–Trinajstić information content (AvgIpc) is 3.84. The molecule has 3 fully saturated rings. The Hall–Kier alpha value is -4.02. The molecule has 1 atom stereocenters. The summed E-state index contributed by atoms with van der Waals surface area (Å²) in [6.07, 6.45) is 13.0. The van der Waals surface area contributed by atoms with Crippen molar-refractivity contribution >= 4 is 28.4 Å². The fourth-order valence-electron chi connectivity index (χ4n) is 8.67. The molecule has 1 saturated carbocycles. The summed E-state index contributed by atoms with van der Waals surface area (Å²) in [5.41, 5.74) is 3.66. The summed E-state index contributed by atoms with van der Waals surface area (Å²) in [6.45, 7) is 10.9. The molecule has 47 heavy (non-hydrogen) atoms. The molecule has 10 heteroatoms. The largest absolute Gasteiger partial charge is 0.383 e. The van der Waals surface area contributed by atoms with Crippen molar-refractivity contribution in [3.63, 3.8) is 0 Å². The maximum Gasteiger partial charge on any atom is 0.278 e. The number of aliphatic hydroxyl groups is 1. The maximum atomic E-state index is 13.6. The van der Waals surface area contributed by atoms with E-state index in [1.807, 2.05) is 13.0 Å². The van der Waals surface area contributed by atoms with E-state index in [-0.39, 0.29) is 17.5 Å². The molecule has 4 aromatic rings. The number of nitrogens with one attached hydrogen (secondary N) is 1. The molecule has 3 aromatic heterocycles. The van der Waals surface area contributed by atoms with Gasteiger partial charge in [-0.2, -0.15) is 4.98 Å². The highest BCUT2D eigenvalue weighted by Crippen LogP contribution is 2.64. The number of hydrogen-bond donors (Lipinski definition) is 2. The molecule has 0 bridgehead atoms. The van der Waals surface area contributed by atoms with Crippen LogP contribution < -0.4 is 15.8 Å². The molecular formula is C37H46N8O2. The smallest absolute Gasteiger partial charge is 0.278 e. The first-order valence-electron chi connectivity index (χ1n) is 17.4. The van der Waals surface area contributed by atoms with E-state index in [0.29, 0.717) is 34.6 Å². The molecule has 2 aliphatic heterocycles. The normalized spacial score (nSPS) is 23.3. The number of allylic oxidation sites excluding steroid dienone is 1. The summed E-state index contributed by atoms with van der Waals surface area (Å²) >= 11 is 0. The van der Waals surface area contributed by atoms with Gasteiger partial charge in [0.05, 0.1) is 12.2 Å². The van der Waals surface area contributed by atoms with Crippen molar-refractivity contribution in [2.24, 2.45) is 10.8 Å². The fraction of sp³-hybridized carbons (Fsp3) is 0.514. The van der Waals surface area contributed by atoms with Crippen LogP contribution in [0.5, 0.6) is 0 Å². The first-order valence-corrected chi connectivity index (χ1v) is 17.4. The monoisotopic (exact) mass is 634 g/mol. The van der Waals surface area contributed by atoms with Gasteiger partial charge in [0.15, 0.2) is 11.5 Å². The zero-order chi connectivity index (χ0) is 32.4. The molecular weight excluding hydrogens is 588 g/mol. The molecule has 0 unspecified atom stereocenters. The van der Waals surface area contributed by atoms with E-state index in [4.69, 9.17) is 9.97 Å². The van der Waals surface area contributed by atoms with Gasteiger partial charge in [0, 0.05) is 36.1 Å². The van der Waals surface area contributed by atoms with Crippen molar-refractivity contribution in [3.8, 4) is 5.82 Å². The summed E-state index contributed by atoms with van der Waals surface area (Å²) in [6, 6.07) is 12.5. The summed E-state index contributed by atoms with van der Waals surface area (Å²) in [4.78, 5) is 33.0. The maximum absolute atomic E-state index is 13.6. The number of anilines is 3. The number of aryl methyl sites for hydroxylation is 1. The van der Waals surface area contributed by atoms with Crippen LogP contribution in [0.3, 0.4) is 0 Å². The number of pyridine rings is 1. The van der Waals surface area contributed by atoms with Gasteiger partial charge in [-0.3, -0.25) is 4.79 Å². The van der Waals surface area contributed by atoms with Gasteiger partial charge in [-0.05, 0) is 119 Å². The van der Waals surface area contributed by atoms with Crippen LogP contribution in [-0.4, -0.2) is 67.5 Å². The average molecular weight is 635 g/mol. The Balaban J connectivity index is 1.07. The lowest BCUT2D eigenvalue weighted by atomic mass is 9.70. The third-order valence-corrected chi connectivity index (χ3v) is 12.0. The molecule has 0 radical (unpaired) electrons. The molecule has 0 amide bonds. The Morgan fingerprint density at radius 2 is 1.68 bits per heavy atom. The zero-order valence-corrected chi connectivity index (χ0v) is 27.7. The fourth-order valence-corrected chi connectivity index (χ4v) is 8.67. The second kappa shape index (κ2) is 11.3. The van der Waals surface area contributed by atoms with Gasteiger partial charge in [0.25, 0.3) is 5.56 Å². The molecule has 10 nitrogen and oxygen atoms in total. The summed E-state index contributed by atoms with van der Waals surface area (Å²) in [7, 11) is 2.24. The minimum absolute atomic E-state index is 0.0857. The van der Waals surface area contributed by atoms with Crippen LogP contribution in [0.2, 0.25) is 0 Å². The SMILES string of the molecule is C=CCn1c(=O)c2cnc(Nc3ccc(N4CCC5(CCN(C)CC5)CC4)cc3)nc2n1-c1ccc2c(n1)[C@@](O)(CC)C1(CC2)CC1. The number of benzene rings is 1. The number of piperidine rings is 2. The van der Waals surface area contributed by atoms with Crippen molar-refractivity contribution in [1.29, 1.82) is 0 Å². The number of aromatic nitrogens is 5. The van der Waals surface area contributed by atoms with Gasteiger partial charge in [0.2, 0.25) is 5.95 Å². The molecule has 2 spiro atoms. The van der Waals surface area contributed by atoms with Gasteiger partial charge in [-0.15, -0.1) is 6.58 Å². The van der Waals surface area contributed by atoms with Crippen molar-refractivity contribution in [1.82, 2.24) is 29.2 Å². The number of rotatable bonds is 7. The Labute approximate surface area is 276 Å². The van der Waals surface area contributed by atoms with Crippen LogP contribution in [0.15, 0.2) is 60.0 Å². The number of likely N-dealkylation sites (tertiary alicyclic amines) is 1. The molecule has 8 rings (SSSR count). The van der Waals surface area contributed by atoms with Crippen LogP contribution in [0.25, 0.3) is 16.9 Å². The van der Waals surface area contributed by atoms with Crippen LogP contribution >= 0.6 is 0 Å². The first-order chi connectivity index (χ1) is 22.8. The van der Waals surface area contributed by atoms with Crippen LogP contribution in [0, 0.1) is 10.8 Å². The lowest BCUT2D eigenvalue weighted by Gasteiger charge is -2.46. The quantitative estimate of drug-likeness (QED) is 0.256. The van der Waals surface area contributed by atoms with E-state index in [1.165, 1.54) is 44.5 Å². The number of hydrogen-bond acceptors (Lipinski definition) is 8. The van der Waals surface area contributed by atoms with Crippen LogP contribution in [0.4, 0.5) is 17.3 Å². The molecule has 1 aromatic carbocycles. The molecule has 246 valence electrons. The van der Waals surface area contributed by atoms with E-state index < -0.39 is 5.60 Å². The second-order valence-electron chi connectivity index (χ2n) is 14.6. The Morgan fingerprint density at radius 3 is 2.36 bits per heavy atom. The Bertz CT molecular complexity index is 1870. The number of fused-ring (bicyclic) bond motifs is 2. The topological polar surface area (TPSA) is 104 Å². The standard InChI is InChI=1S/C37H46N8O2/c1-4-20-44-33(46)29-25-38-34(39-27-7-9-28(10-8-27)43-23-18-35(19-24-43)16-21-42(3)22-17-35)41-32(29)45(44)30-11-6-26-12-13-36(14-15-36)37(47,5-2)31(26)40-30/h4,6-11,25,47H,1,5,12-24H2,2-3H3,(H,38,39,41)/t37-/m0/s1. The van der Waals surface area contributed by atoms with E-state index in [9.17, 15) is 9.90 Å². The molecule has 2 saturated heterocycles. The van der Waals surface area contributed by atoms with Gasteiger partial charge in [0.1, 0.15) is 11.0 Å². The molecule has 5 heterocycles. The Morgan fingerprint density at radius 1 is 0.957 bits per heavy atom. The minimum Gasteiger partial charge on any atom is -0.383 e. The van der Waals surface area contributed by atoms with Crippen LogP contribution in [0.1, 0.15) is 69.5 Å². The van der Waals surface area contributed by atoms with Gasteiger partial charge in [-0.25, -0.2) is 19.3 Å². The molecule has 2 N–H and O–H groups in total. The van der Waals surface area contributed by atoms with Gasteiger partial charge < -0.3 is 20.2 Å². The van der Waals surface area contributed by atoms with E-state index in [1.54, 1.807) is 21.6 Å². The van der Waals surface area contributed by atoms with Crippen molar-refractivity contribution in [2.75, 3.05) is 43.4 Å². The van der Waals surface area contributed by atoms with Crippen molar-refractivity contribution in [3.05, 3.63) is 76.9 Å². The van der Waals surface area contributed by atoms with E-state index in [2.05, 4.69) is 64.1 Å². The lowest BCUT2D eigenvalue weighted by molar-refractivity contribution is -0.0580. The van der Waals surface area contributed by atoms with Gasteiger partial charge in [-0.1, -0.05) is 19.1 Å². The minimum atomic E-state index is -0.973. The van der Waals surface area contributed by atoms with Crippen molar-refractivity contribution in [2.45, 2.75) is 76.9 Å². The Kier molecular flexibility index (Phi) is 7.29. The predicted molar refractivity (Wildman–Crippen MR) is 186 cm³/mol. The second-order valence-corrected chi connectivity index (χ2v) is 14.6. The third kappa shape index (κ3) is 4.99. The summed E-state index contributed by atoms with van der Waals surface area (Å²) < 4.78 is 3.35. The molecule has 4 aliphatic rings. The summed E-state index contributed by atoms with van der Waals surface area (Å²) in [5, 5.41) is 15.7. The highest BCUT2D eigenvalue weighted by molar-refractivity contribution is 5.77. The number of nitrogens with zero attached hydrogens (tertiary/aromatic N) is 7. The van der Waals surface area contributed by atoms with Crippen molar-refractivity contribution < 1.29 is 5.11 Å². The highest BCUT2D eigenvalue weighted by atomic mass is 16.3. The van der Waals surface area contributed by atoms with Gasteiger partial charge >= 0.3 is 0 Å². The lowest BCUT2D eigenvalue weighted by Crippen LogP contribution is -2.46. The van der Waals surface area contributed by atoms with E-state index in [0.717, 1.165) is 55.7 Å². The van der Waals surface area contributed by atoms with E-state index >= 15 is 0 Å². The third-order valence-electron chi connectivity index (χ3n) is 12.0. The molecule has 2 aliphatic carbocycles. The summed E-state index contributed by atoms with van der Waals surface area (Å²) in [5.74, 6) is 0.955. The predicted octanol–water partition coefficient (Wildman–Crippen LogP) is 5.54. The first kappa shape index (κ1) is 30.3. The highest BCUT2D eigenvalue weighted by Gasteiger charge is 2.61. The van der Waals surface area contributed by atoms with Crippen LogP contribution in [-0.2, 0) is 18.6 Å². The zero-order valence-electron chi connectivity index (χ0n) is 27.7.